The standard InChI is InChI=1S/C16H24N4O/c1-5-20(13(2)12-19(3)4)16(21)15-8-10-18-11-14(15)7-6-9-17/h8,10-11,13H,5,9,12,17H2,1-4H3. The van der Waals surface area contributed by atoms with Crippen LogP contribution in [0.25, 0.3) is 0 Å². The number of nitrogens with two attached hydrogens (primary N) is 1. The highest BCUT2D eigenvalue weighted by atomic mass is 16.2. The molecule has 0 aliphatic heterocycles. The van der Waals surface area contributed by atoms with E-state index >= 15 is 0 Å². The van der Waals surface area contributed by atoms with E-state index in [1.54, 1.807) is 18.5 Å². The second-order valence-electron chi connectivity index (χ2n) is 5.13. The van der Waals surface area contributed by atoms with Crippen molar-refractivity contribution in [2.45, 2.75) is 19.9 Å². The number of aromatic nitrogens is 1. The first-order valence-corrected chi connectivity index (χ1v) is 7.09. The fourth-order valence-electron chi connectivity index (χ4n) is 2.26. The number of hydrogen-bond donors (Lipinski definition) is 1. The minimum atomic E-state index is -0.0180. The minimum Gasteiger partial charge on any atom is -0.335 e. The van der Waals surface area contributed by atoms with Crippen LogP contribution >= 0.6 is 0 Å². The maximum absolute atomic E-state index is 12.8. The van der Waals surface area contributed by atoms with Gasteiger partial charge in [0.15, 0.2) is 0 Å². The molecule has 5 heteroatoms. The van der Waals surface area contributed by atoms with E-state index < -0.39 is 0 Å². The molecule has 2 N–H and O–H groups in total. The molecule has 5 nitrogen and oxygen atoms in total. The van der Waals surface area contributed by atoms with Gasteiger partial charge in [-0.25, -0.2) is 0 Å². The van der Waals surface area contributed by atoms with E-state index in [0.717, 1.165) is 6.54 Å². The van der Waals surface area contributed by atoms with Crippen molar-refractivity contribution in [3.05, 3.63) is 29.6 Å². The van der Waals surface area contributed by atoms with Crippen LogP contribution in [-0.2, 0) is 0 Å². The number of carbonyl (C=O) groups excluding carboxylic acids is 1. The summed E-state index contributed by atoms with van der Waals surface area (Å²) in [5.74, 6) is 5.68. The lowest BCUT2D eigenvalue weighted by Gasteiger charge is -2.30. The average Bonchev–Trinajstić information content (AvgIpc) is 2.45. The summed E-state index contributed by atoms with van der Waals surface area (Å²) in [6.07, 6.45) is 3.23. The summed E-state index contributed by atoms with van der Waals surface area (Å²) in [6.45, 7) is 5.76. The van der Waals surface area contributed by atoms with Gasteiger partial charge in [-0.15, -0.1) is 0 Å². The molecule has 0 spiro atoms. The molecule has 21 heavy (non-hydrogen) atoms. The topological polar surface area (TPSA) is 62.5 Å². The monoisotopic (exact) mass is 288 g/mol. The van der Waals surface area contributed by atoms with Gasteiger partial charge in [0, 0.05) is 31.5 Å². The number of rotatable bonds is 5. The zero-order valence-corrected chi connectivity index (χ0v) is 13.3. The maximum Gasteiger partial charge on any atom is 0.255 e. The molecule has 0 radical (unpaired) electrons. The molecule has 1 heterocycles. The highest BCUT2D eigenvalue weighted by molar-refractivity contribution is 5.96. The van der Waals surface area contributed by atoms with Crippen LogP contribution in [0.1, 0.15) is 29.8 Å². The highest BCUT2D eigenvalue weighted by Gasteiger charge is 2.22. The Morgan fingerprint density at radius 2 is 2.19 bits per heavy atom. The smallest absolute Gasteiger partial charge is 0.255 e. The van der Waals surface area contributed by atoms with Gasteiger partial charge in [-0.2, -0.15) is 0 Å². The Labute approximate surface area is 127 Å². The Hall–Kier alpha value is -1.90. The summed E-state index contributed by atoms with van der Waals surface area (Å²) in [5.41, 5.74) is 6.61. The Bertz CT molecular complexity index is 531. The van der Waals surface area contributed by atoms with Crippen LogP contribution in [0, 0.1) is 11.8 Å². The third-order valence-corrected chi connectivity index (χ3v) is 3.14. The van der Waals surface area contributed by atoms with Crippen LogP contribution < -0.4 is 5.73 Å². The van der Waals surface area contributed by atoms with Crippen molar-refractivity contribution in [1.82, 2.24) is 14.8 Å². The second-order valence-corrected chi connectivity index (χ2v) is 5.13. The van der Waals surface area contributed by atoms with Crippen molar-refractivity contribution >= 4 is 5.91 Å². The van der Waals surface area contributed by atoms with Crippen LogP contribution in [0.5, 0.6) is 0 Å². The van der Waals surface area contributed by atoms with Gasteiger partial charge < -0.3 is 15.5 Å². The normalized spacial score (nSPS) is 11.7. The largest absolute Gasteiger partial charge is 0.335 e. The van der Waals surface area contributed by atoms with Gasteiger partial charge in [0.1, 0.15) is 0 Å². The fourth-order valence-corrected chi connectivity index (χ4v) is 2.26. The van der Waals surface area contributed by atoms with Crippen molar-refractivity contribution in [3.63, 3.8) is 0 Å². The number of nitrogens with zero attached hydrogens (tertiary/aromatic N) is 3. The molecule has 1 aromatic heterocycles. The molecule has 1 rings (SSSR count). The summed E-state index contributed by atoms with van der Waals surface area (Å²) in [5, 5.41) is 0. The lowest BCUT2D eigenvalue weighted by molar-refractivity contribution is 0.0678. The van der Waals surface area contributed by atoms with Crippen LogP contribution in [-0.4, -0.2) is 60.5 Å². The summed E-state index contributed by atoms with van der Waals surface area (Å²) in [4.78, 5) is 20.7. The first-order valence-electron chi connectivity index (χ1n) is 7.09. The van der Waals surface area contributed by atoms with Crippen LogP contribution in [0.2, 0.25) is 0 Å². The predicted octanol–water partition coefficient (Wildman–Crippen LogP) is 0.804. The van der Waals surface area contributed by atoms with Gasteiger partial charge in [0.25, 0.3) is 5.91 Å². The van der Waals surface area contributed by atoms with Gasteiger partial charge in [-0.3, -0.25) is 9.78 Å². The molecule has 1 atom stereocenters. The third kappa shape index (κ3) is 4.85. The van der Waals surface area contributed by atoms with E-state index in [9.17, 15) is 4.79 Å². The molecule has 0 fully saturated rings. The quantitative estimate of drug-likeness (QED) is 0.814. The van der Waals surface area contributed by atoms with Crippen molar-refractivity contribution in [3.8, 4) is 11.8 Å². The van der Waals surface area contributed by atoms with E-state index in [1.165, 1.54) is 0 Å². The first kappa shape index (κ1) is 17.2. The molecular weight excluding hydrogens is 264 g/mol. The summed E-state index contributed by atoms with van der Waals surface area (Å²) in [6, 6.07) is 1.84. The van der Waals surface area contributed by atoms with E-state index in [-0.39, 0.29) is 18.5 Å². The Kier molecular flexibility index (Phi) is 6.86. The fraction of sp³-hybridized carbons (Fsp3) is 0.500. The van der Waals surface area contributed by atoms with Crippen molar-refractivity contribution in [2.24, 2.45) is 5.73 Å². The molecule has 1 amide bonds. The van der Waals surface area contributed by atoms with Crippen molar-refractivity contribution in [2.75, 3.05) is 33.7 Å². The SMILES string of the molecule is CCN(C(=O)c1ccncc1C#CCN)C(C)CN(C)C. The number of likely N-dealkylation sites (N-methyl/N-ethyl adjacent to an activating group) is 2. The lowest BCUT2D eigenvalue weighted by Crippen LogP contribution is -2.44. The average molecular weight is 288 g/mol. The number of amides is 1. The van der Waals surface area contributed by atoms with Gasteiger partial charge in [0.05, 0.1) is 17.7 Å². The van der Waals surface area contributed by atoms with Crippen LogP contribution in [0.15, 0.2) is 18.5 Å². The van der Waals surface area contributed by atoms with Crippen LogP contribution in [0.3, 0.4) is 0 Å². The summed E-state index contributed by atoms with van der Waals surface area (Å²) in [7, 11) is 4.00. The molecule has 0 saturated heterocycles. The zero-order valence-electron chi connectivity index (χ0n) is 13.3. The second kappa shape index (κ2) is 8.40. The van der Waals surface area contributed by atoms with Gasteiger partial charge in [-0.05, 0) is 34.0 Å². The summed E-state index contributed by atoms with van der Waals surface area (Å²) < 4.78 is 0. The highest BCUT2D eigenvalue weighted by Crippen LogP contribution is 2.12. The third-order valence-electron chi connectivity index (χ3n) is 3.14. The van der Waals surface area contributed by atoms with E-state index in [0.29, 0.717) is 17.7 Å². The molecule has 0 saturated carbocycles. The maximum atomic E-state index is 12.8. The van der Waals surface area contributed by atoms with Crippen molar-refractivity contribution in [1.29, 1.82) is 0 Å². The molecule has 0 aliphatic carbocycles. The van der Waals surface area contributed by atoms with E-state index in [1.807, 2.05) is 32.8 Å². The molecule has 0 bridgehead atoms. The van der Waals surface area contributed by atoms with E-state index in [4.69, 9.17) is 5.73 Å². The predicted molar refractivity (Wildman–Crippen MR) is 84.9 cm³/mol. The number of carbonyl (C=O) groups is 1. The summed E-state index contributed by atoms with van der Waals surface area (Å²) >= 11 is 0. The van der Waals surface area contributed by atoms with Crippen molar-refractivity contribution < 1.29 is 4.79 Å². The molecule has 0 aromatic carbocycles. The van der Waals surface area contributed by atoms with Gasteiger partial charge >= 0.3 is 0 Å². The Morgan fingerprint density at radius 1 is 1.48 bits per heavy atom. The minimum absolute atomic E-state index is 0.0180. The van der Waals surface area contributed by atoms with Gasteiger partial charge in [0.2, 0.25) is 0 Å². The van der Waals surface area contributed by atoms with Gasteiger partial charge in [-0.1, -0.05) is 11.8 Å². The number of pyridine rings is 1. The molecule has 1 aromatic rings. The molecule has 0 aliphatic rings. The number of hydrogen-bond acceptors (Lipinski definition) is 4. The van der Waals surface area contributed by atoms with E-state index in [2.05, 4.69) is 21.7 Å². The zero-order chi connectivity index (χ0) is 15.8. The first-order chi connectivity index (χ1) is 10.0. The van der Waals surface area contributed by atoms with Crippen LogP contribution in [0.4, 0.5) is 0 Å². The molecule has 114 valence electrons. The molecule has 1 unspecified atom stereocenters. The molecular formula is C16H24N4O. The Morgan fingerprint density at radius 3 is 2.76 bits per heavy atom. The lowest BCUT2D eigenvalue weighted by atomic mass is 10.1. The Balaban J connectivity index is 3.05.